The first-order valence-corrected chi connectivity index (χ1v) is 11.8. The normalized spacial score (nSPS) is 16.0. The third-order valence-electron chi connectivity index (χ3n) is 5.52. The zero-order chi connectivity index (χ0) is 21.7. The van der Waals surface area contributed by atoms with Crippen molar-refractivity contribution >= 4 is 10.0 Å². The van der Waals surface area contributed by atoms with Crippen molar-refractivity contribution in [1.29, 1.82) is 0 Å². The molecule has 2 heterocycles. The summed E-state index contributed by atoms with van der Waals surface area (Å²) in [5, 5.41) is 0. The summed E-state index contributed by atoms with van der Waals surface area (Å²) in [4.78, 5) is 4.38. The first kappa shape index (κ1) is 21.5. The Kier molecular flexibility index (Phi) is 6.65. The second kappa shape index (κ2) is 9.60. The summed E-state index contributed by atoms with van der Waals surface area (Å²) in [6.07, 6.45) is 5.00. The fraction of sp³-hybridized carbons (Fsp3) is 0.292. The summed E-state index contributed by atoms with van der Waals surface area (Å²) in [6, 6.07) is 17.6. The molecule has 1 N–H and O–H groups in total. The molecule has 1 unspecified atom stereocenters. The van der Waals surface area contributed by atoms with E-state index in [0.29, 0.717) is 19.0 Å². The number of nitrogens with one attached hydrogen (secondary N) is 1. The van der Waals surface area contributed by atoms with Gasteiger partial charge >= 0.3 is 0 Å². The van der Waals surface area contributed by atoms with Crippen LogP contribution >= 0.6 is 0 Å². The molecule has 0 amide bonds. The molecule has 1 aliphatic rings. The molecule has 1 saturated heterocycles. The molecule has 0 saturated carbocycles. The second-order valence-corrected chi connectivity index (χ2v) is 9.39. The highest BCUT2D eigenvalue weighted by Crippen LogP contribution is 2.32. The van der Waals surface area contributed by atoms with E-state index < -0.39 is 10.0 Å². The highest BCUT2D eigenvalue weighted by molar-refractivity contribution is 7.89. The highest BCUT2D eigenvalue weighted by atomic mass is 32.2. The van der Waals surface area contributed by atoms with E-state index >= 15 is 0 Å². The predicted molar refractivity (Wildman–Crippen MR) is 119 cm³/mol. The highest BCUT2D eigenvalue weighted by Gasteiger charge is 2.30. The second-order valence-electron chi connectivity index (χ2n) is 7.67. The molecule has 2 aromatic carbocycles. The van der Waals surface area contributed by atoms with Crippen LogP contribution in [0.5, 0.6) is 11.5 Å². The van der Waals surface area contributed by atoms with Crippen LogP contribution in [-0.4, -0.2) is 26.6 Å². The van der Waals surface area contributed by atoms with Crippen molar-refractivity contribution in [2.24, 2.45) is 5.92 Å². The molecule has 0 radical (unpaired) electrons. The van der Waals surface area contributed by atoms with E-state index in [0.717, 1.165) is 29.7 Å². The molecule has 162 valence electrons. The number of ether oxygens (including phenoxy) is 2. The van der Waals surface area contributed by atoms with Gasteiger partial charge in [-0.05, 0) is 73.2 Å². The van der Waals surface area contributed by atoms with Crippen molar-refractivity contribution in [3.05, 3.63) is 84.2 Å². The summed E-state index contributed by atoms with van der Waals surface area (Å²) in [6.45, 7) is 3.23. The van der Waals surface area contributed by atoms with Crippen LogP contribution in [-0.2, 0) is 14.8 Å². The van der Waals surface area contributed by atoms with Crippen molar-refractivity contribution in [2.75, 3.05) is 13.2 Å². The molecular formula is C24H26N2O4S. The molecule has 0 aliphatic carbocycles. The number of nitrogens with zero attached hydrogens (tertiary/aromatic N) is 1. The van der Waals surface area contributed by atoms with Gasteiger partial charge in [-0.25, -0.2) is 13.1 Å². The van der Waals surface area contributed by atoms with Crippen LogP contribution < -0.4 is 9.46 Å². The number of para-hydroxylation sites is 1. The van der Waals surface area contributed by atoms with Crippen LogP contribution in [0.15, 0.2) is 78.0 Å². The maximum absolute atomic E-state index is 13.2. The fourth-order valence-electron chi connectivity index (χ4n) is 3.77. The quantitative estimate of drug-likeness (QED) is 0.582. The molecule has 4 rings (SSSR count). The SMILES string of the molecule is Cc1ccccc1Oc1ccc(S(=O)(=O)NC(c2cccnc2)C2CCOCC2)cc1. The summed E-state index contributed by atoms with van der Waals surface area (Å²) >= 11 is 0. The third kappa shape index (κ3) is 5.31. The summed E-state index contributed by atoms with van der Waals surface area (Å²) in [7, 11) is -3.73. The Morgan fingerprint density at radius 1 is 1.03 bits per heavy atom. The lowest BCUT2D eigenvalue weighted by molar-refractivity contribution is 0.0564. The topological polar surface area (TPSA) is 77.5 Å². The van der Waals surface area contributed by atoms with Crippen LogP contribution in [0.25, 0.3) is 0 Å². The summed E-state index contributed by atoms with van der Waals surface area (Å²) < 4.78 is 40.6. The fourth-order valence-corrected chi connectivity index (χ4v) is 5.06. The maximum atomic E-state index is 13.2. The van der Waals surface area contributed by atoms with Crippen molar-refractivity contribution in [1.82, 2.24) is 9.71 Å². The van der Waals surface area contributed by atoms with Crippen LogP contribution in [0.4, 0.5) is 0 Å². The minimum absolute atomic E-state index is 0.149. The van der Waals surface area contributed by atoms with Gasteiger partial charge in [-0.15, -0.1) is 0 Å². The van der Waals surface area contributed by atoms with Crippen LogP contribution in [0.3, 0.4) is 0 Å². The zero-order valence-corrected chi connectivity index (χ0v) is 18.2. The lowest BCUT2D eigenvalue weighted by Crippen LogP contribution is -2.36. The van der Waals surface area contributed by atoms with Crippen molar-refractivity contribution < 1.29 is 17.9 Å². The van der Waals surface area contributed by atoms with Crippen molar-refractivity contribution in [2.45, 2.75) is 30.7 Å². The molecule has 1 fully saturated rings. The average Bonchev–Trinajstić information content (AvgIpc) is 2.81. The molecule has 3 aromatic rings. The number of benzene rings is 2. The van der Waals surface area contributed by atoms with E-state index in [1.54, 1.807) is 36.7 Å². The van der Waals surface area contributed by atoms with E-state index in [2.05, 4.69) is 9.71 Å². The molecule has 7 heteroatoms. The molecule has 31 heavy (non-hydrogen) atoms. The Balaban J connectivity index is 1.54. The maximum Gasteiger partial charge on any atom is 0.241 e. The summed E-state index contributed by atoms with van der Waals surface area (Å²) in [5.74, 6) is 1.48. The van der Waals surface area contributed by atoms with Gasteiger partial charge < -0.3 is 9.47 Å². The first-order chi connectivity index (χ1) is 15.0. The van der Waals surface area contributed by atoms with E-state index in [-0.39, 0.29) is 16.9 Å². The van der Waals surface area contributed by atoms with Crippen LogP contribution in [0.1, 0.15) is 30.0 Å². The molecular weight excluding hydrogens is 412 g/mol. The van der Waals surface area contributed by atoms with Gasteiger partial charge in [0.15, 0.2) is 0 Å². The molecule has 1 atom stereocenters. The van der Waals surface area contributed by atoms with Gasteiger partial charge in [-0.1, -0.05) is 24.3 Å². The van der Waals surface area contributed by atoms with Gasteiger partial charge in [0, 0.05) is 25.6 Å². The van der Waals surface area contributed by atoms with Crippen molar-refractivity contribution in [3.8, 4) is 11.5 Å². The Morgan fingerprint density at radius 2 is 1.77 bits per heavy atom. The van der Waals surface area contributed by atoms with E-state index in [9.17, 15) is 8.42 Å². The van der Waals surface area contributed by atoms with Gasteiger partial charge in [0.05, 0.1) is 10.9 Å². The average molecular weight is 439 g/mol. The zero-order valence-electron chi connectivity index (χ0n) is 17.4. The number of aryl methyl sites for hydroxylation is 1. The number of sulfonamides is 1. The Morgan fingerprint density at radius 3 is 2.45 bits per heavy atom. The standard InChI is InChI=1S/C24H26N2O4S/c1-18-5-2-3-7-23(18)30-21-8-10-22(11-9-21)31(27,28)26-24(19-12-15-29-16-13-19)20-6-4-14-25-17-20/h2-11,14,17,19,24,26H,12-13,15-16H2,1H3. The van der Waals surface area contributed by atoms with Gasteiger partial charge in [0.2, 0.25) is 10.0 Å². The van der Waals surface area contributed by atoms with E-state index in [1.165, 1.54) is 0 Å². The molecule has 0 bridgehead atoms. The number of rotatable bonds is 7. The Bertz CT molecular complexity index is 1100. The smallest absolute Gasteiger partial charge is 0.241 e. The van der Waals surface area contributed by atoms with E-state index in [1.807, 2.05) is 43.3 Å². The molecule has 6 nitrogen and oxygen atoms in total. The lowest BCUT2D eigenvalue weighted by atomic mass is 9.88. The number of aromatic nitrogens is 1. The van der Waals surface area contributed by atoms with Crippen molar-refractivity contribution in [3.63, 3.8) is 0 Å². The van der Waals surface area contributed by atoms with Crippen LogP contribution in [0.2, 0.25) is 0 Å². The number of pyridine rings is 1. The summed E-state index contributed by atoms with van der Waals surface area (Å²) in [5.41, 5.74) is 1.87. The predicted octanol–water partition coefficient (Wildman–Crippen LogP) is 4.63. The Labute approximate surface area is 183 Å². The van der Waals surface area contributed by atoms with Crippen LogP contribution in [0, 0.1) is 12.8 Å². The van der Waals surface area contributed by atoms with Gasteiger partial charge in [-0.2, -0.15) is 0 Å². The Hall–Kier alpha value is -2.74. The minimum Gasteiger partial charge on any atom is -0.457 e. The number of hydrogen-bond acceptors (Lipinski definition) is 5. The molecule has 1 aliphatic heterocycles. The van der Waals surface area contributed by atoms with Gasteiger partial charge in [0.25, 0.3) is 0 Å². The minimum atomic E-state index is -3.73. The number of hydrogen-bond donors (Lipinski definition) is 1. The monoisotopic (exact) mass is 438 g/mol. The largest absolute Gasteiger partial charge is 0.457 e. The van der Waals surface area contributed by atoms with Gasteiger partial charge in [-0.3, -0.25) is 4.98 Å². The lowest BCUT2D eigenvalue weighted by Gasteiger charge is -2.31. The first-order valence-electron chi connectivity index (χ1n) is 10.4. The molecule has 0 spiro atoms. The third-order valence-corrected chi connectivity index (χ3v) is 6.98. The molecule has 1 aromatic heterocycles. The van der Waals surface area contributed by atoms with Gasteiger partial charge in [0.1, 0.15) is 11.5 Å². The van der Waals surface area contributed by atoms with E-state index in [4.69, 9.17) is 9.47 Å².